The molecule has 0 fully saturated rings. The van der Waals surface area contributed by atoms with Gasteiger partial charge in [-0.15, -0.1) is 0 Å². The van der Waals surface area contributed by atoms with Gasteiger partial charge in [0.1, 0.15) is 11.4 Å². The lowest BCUT2D eigenvalue weighted by molar-refractivity contribution is -0.132. The Morgan fingerprint density at radius 2 is 2.20 bits per heavy atom. The van der Waals surface area contributed by atoms with E-state index in [1.165, 1.54) is 12.1 Å². The zero-order valence-corrected chi connectivity index (χ0v) is 8.69. The molecule has 0 saturated heterocycles. The van der Waals surface area contributed by atoms with Gasteiger partial charge in [-0.25, -0.2) is 9.78 Å². The quantitative estimate of drug-likeness (QED) is 0.743. The Morgan fingerprint density at radius 1 is 1.53 bits per heavy atom. The van der Waals surface area contributed by atoms with Gasteiger partial charge >= 0.3 is 5.97 Å². The second-order valence-corrected chi connectivity index (χ2v) is 3.19. The van der Waals surface area contributed by atoms with Crippen molar-refractivity contribution in [3.05, 3.63) is 29.1 Å². The summed E-state index contributed by atoms with van der Waals surface area (Å²) < 4.78 is 0. The van der Waals surface area contributed by atoms with Crippen LogP contribution in [0, 0.1) is 6.92 Å². The van der Waals surface area contributed by atoms with Crippen molar-refractivity contribution < 1.29 is 15.0 Å². The molecule has 0 saturated carbocycles. The zero-order valence-electron chi connectivity index (χ0n) is 8.69. The van der Waals surface area contributed by atoms with Crippen molar-refractivity contribution in [1.82, 2.24) is 4.98 Å². The molecular formula is C11H13NO3. The van der Waals surface area contributed by atoms with Crippen molar-refractivity contribution in [3.8, 4) is 5.75 Å². The number of aliphatic carboxylic acids is 1. The summed E-state index contributed by atoms with van der Waals surface area (Å²) in [6, 6.07) is 3.17. The predicted octanol–water partition coefficient (Wildman–Crippen LogP) is 1.97. The monoisotopic (exact) mass is 207 g/mol. The van der Waals surface area contributed by atoms with Crippen LogP contribution in [0.25, 0.3) is 6.08 Å². The maximum absolute atomic E-state index is 10.8. The van der Waals surface area contributed by atoms with Crippen molar-refractivity contribution in [2.24, 2.45) is 0 Å². The second kappa shape index (κ2) is 4.59. The van der Waals surface area contributed by atoms with Gasteiger partial charge in [0, 0.05) is 11.3 Å². The molecule has 4 heteroatoms. The summed E-state index contributed by atoms with van der Waals surface area (Å²) in [5, 5.41) is 18.3. The molecule has 1 rings (SSSR count). The lowest BCUT2D eigenvalue weighted by atomic mass is 10.1. The fraction of sp³-hybridized carbons (Fsp3) is 0.273. The van der Waals surface area contributed by atoms with E-state index in [2.05, 4.69) is 4.98 Å². The van der Waals surface area contributed by atoms with Crippen LogP contribution in [-0.2, 0) is 4.79 Å². The van der Waals surface area contributed by atoms with Crippen LogP contribution in [0.4, 0.5) is 0 Å². The topological polar surface area (TPSA) is 70.4 Å². The molecule has 15 heavy (non-hydrogen) atoms. The molecule has 0 aromatic carbocycles. The normalized spacial score (nSPS) is 11.5. The van der Waals surface area contributed by atoms with Crippen molar-refractivity contribution in [1.29, 1.82) is 0 Å². The third kappa shape index (κ3) is 2.80. The van der Waals surface area contributed by atoms with Crippen LogP contribution in [0.2, 0.25) is 0 Å². The third-order valence-electron chi connectivity index (χ3n) is 2.01. The molecule has 4 nitrogen and oxygen atoms in total. The molecule has 0 spiro atoms. The fourth-order valence-corrected chi connectivity index (χ4v) is 1.16. The molecule has 0 aliphatic rings. The Hall–Kier alpha value is -1.84. The molecule has 2 N–H and O–H groups in total. The minimum Gasteiger partial charge on any atom is -0.506 e. The van der Waals surface area contributed by atoms with Gasteiger partial charge in [-0.2, -0.15) is 0 Å². The van der Waals surface area contributed by atoms with E-state index >= 15 is 0 Å². The molecule has 80 valence electrons. The van der Waals surface area contributed by atoms with E-state index in [1.54, 1.807) is 19.9 Å². The summed E-state index contributed by atoms with van der Waals surface area (Å²) in [7, 11) is 0. The number of aromatic nitrogens is 1. The molecule has 1 aromatic rings. The van der Waals surface area contributed by atoms with Gasteiger partial charge in [0.2, 0.25) is 0 Å². The van der Waals surface area contributed by atoms with Crippen molar-refractivity contribution in [3.63, 3.8) is 0 Å². The molecule has 0 radical (unpaired) electrons. The van der Waals surface area contributed by atoms with Crippen LogP contribution in [0.3, 0.4) is 0 Å². The Balaban J connectivity index is 3.16. The molecule has 0 unspecified atom stereocenters. The summed E-state index contributed by atoms with van der Waals surface area (Å²) in [6.45, 7) is 3.52. The summed E-state index contributed by atoms with van der Waals surface area (Å²) >= 11 is 0. The zero-order chi connectivity index (χ0) is 11.4. The minimum atomic E-state index is -0.986. The standard InChI is InChI=1S/C11H13NO3/c1-3-8(11(14)15)6-9-10(13)5-4-7(2)12-9/h4-6,13H,3H2,1-2H3,(H,14,15). The molecule has 1 aromatic heterocycles. The number of hydrogen-bond acceptors (Lipinski definition) is 3. The van der Waals surface area contributed by atoms with Crippen LogP contribution in [0.5, 0.6) is 5.75 Å². The highest BCUT2D eigenvalue weighted by Gasteiger charge is 2.07. The predicted molar refractivity (Wildman–Crippen MR) is 56.5 cm³/mol. The molecule has 0 bridgehead atoms. The first-order valence-electron chi connectivity index (χ1n) is 4.65. The number of carbonyl (C=O) groups is 1. The molecule has 0 atom stereocenters. The average Bonchev–Trinajstić information content (AvgIpc) is 2.18. The van der Waals surface area contributed by atoms with E-state index in [0.717, 1.165) is 5.69 Å². The largest absolute Gasteiger partial charge is 0.506 e. The number of hydrogen-bond donors (Lipinski definition) is 2. The van der Waals surface area contributed by atoms with Crippen LogP contribution in [0.15, 0.2) is 17.7 Å². The summed E-state index contributed by atoms with van der Waals surface area (Å²) in [5.74, 6) is -0.993. The lowest BCUT2D eigenvalue weighted by Gasteiger charge is -2.02. The second-order valence-electron chi connectivity index (χ2n) is 3.19. The highest BCUT2D eigenvalue weighted by atomic mass is 16.4. The Bertz CT molecular complexity index is 410. The Kier molecular flexibility index (Phi) is 3.44. The highest BCUT2D eigenvalue weighted by Crippen LogP contribution is 2.18. The smallest absolute Gasteiger partial charge is 0.331 e. The van der Waals surface area contributed by atoms with Gasteiger partial charge in [0.15, 0.2) is 0 Å². The first-order chi connectivity index (χ1) is 7.04. The molecule has 0 aliphatic carbocycles. The third-order valence-corrected chi connectivity index (χ3v) is 2.01. The number of carboxylic acids is 1. The minimum absolute atomic E-state index is 0.00667. The van der Waals surface area contributed by atoms with Crippen molar-refractivity contribution >= 4 is 12.0 Å². The number of aryl methyl sites for hydroxylation is 1. The van der Waals surface area contributed by atoms with Gasteiger partial charge in [0.25, 0.3) is 0 Å². The highest BCUT2D eigenvalue weighted by molar-refractivity contribution is 5.92. The maximum Gasteiger partial charge on any atom is 0.331 e. The summed E-state index contributed by atoms with van der Waals surface area (Å²) in [5.41, 5.74) is 1.26. The van der Waals surface area contributed by atoms with Crippen molar-refractivity contribution in [2.75, 3.05) is 0 Å². The number of nitrogens with zero attached hydrogens (tertiary/aromatic N) is 1. The van der Waals surface area contributed by atoms with E-state index in [1.807, 2.05) is 0 Å². The van der Waals surface area contributed by atoms with Gasteiger partial charge in [-0.1, -0.05) is 6.92 Å². The number of pyridine rings is 1. The summed E-state index contributed by atoms with van der Waals surface area (Å²) in [6.07, 6.45) is 1.79. The molecule has 0 aliphatic heterocycles. The Morgan fingerprint density at radius 3 is 2.73 bits per heavy atom. The van der Waals surface area contributed by atoms with Gasteiger partial charge < -0.3 is 10.2 Å². The number of rotatable bonds is 3. The van der Waals surface area contributed by atoms with E-state index in [0.29, 0.717) is 12.1 Å². The van der Waals surface area contributed by atoms with Crippen LogP contribution >= 0.6 is 0 Å². The van der Waals surface area contributed by atoms with Crippen LogP contribution in [0.1, 0.15) is 24.7 Å². The van der Waals surface area contributed by atoms with E-state index in [4.69, 9.17) is 5.11 Å². The Labute approximate surface area is 87.9 Å². The SMILES string of the molecule is CCC(=Cc1nc(C)ccc1O)C(=O)O. The molecular weight excluding hydrogens is 194 g/mol. The van der Waals surface area contributed by atoms with E-state index < -0.39 is 5.97 Å². The number of aromatic hydroxyl groups is 1. The van der Waals surface area contributed by atoms with Crippen LogP contribution < -0.4 is 0 Å². The lowest BCUT2D eigenvalue weighted by Crippen LogP contribution is -1.99. The van der Waals surface area contributed by atoms with E-state index in [9.17, 15) is 9.90 Å². The van der Waals surface area contributed by atoms with Gasteiger partial charge in [-0.05, 0) is 31.6 Å². The van der Waals surface area contributed by atoms with Crippen molar-refractivity contribution in [2.45, 2.75) is 20.3 Å². The van der Waals surface area contributed by atoms with Gasteiger partial charge in [0.05, 0.1) is 0 Å². The maximum atomic E-state index is 10.8. The average molecular weight is 207 g/mol. The summed E-state index contributed by atoms with van der Waals surface area (Å²) in [4.78, 5) is 14.8. The number of carboxylic acid groups (broad SMARTS) is 1. The van der Waals surface area contributed by atoms with Crippen LogP contribution in [-0.4, -0.2) is 21.2 Å². The van der Waals surface area contributed by atoms with Gasteiger partial charge in [-0.3, -0.25) is 0 Å². The first kappa shape index (κ1) is 11.2. The fourth-order valence-electron chi connectivity index (χ4n) is 1.16. The molecule has 1 heterocycles. The molecule has 0 amide bonds. The van der Waals surface area contributed by atoms with E-state index in [-0.39, 0.29) is 11.3 Å². The first-order valence-corrected chi connectivity index (χ1v) is 4.65.